The summed E-state index contributed by atoms with van der Waals surface area (Å²) >= 11 is 0. The molecular formula is C15H18FNO4. The maximum Gasteiger partial charge on any atom is 0.311 e. The molecule has 0 aromatic heterocycles. The number of aromatic hydroxyl groups is 1. The number of carbonyl (C=O) groups excluding carboxylic acids is 1. The van der Waals surface area contributed by atoms with E-state index in [2.05, 4.69) is 0 Å². The van der Waals surface area contributed by atoms with E-state index in [1.165, 1.54) is 11.0 Å². The number of rotatable bonds is 3. The van der Waals surface area contributed by atoms with Crippen molar-refractivity contribution >= 4 is 11.9 Å². The third-order valence-electron chi connectivity index (χ3n) is 4.31. The molecule has 2 rings (SSSR count). The summed E-state index contributed by atoms with van der Waals surface area (Å²) in [5.74, 6) is -2.58. The molecule has 1 aromatic carbocycles. The standard InChI is InChI=1S/C15H18FNO4/c1-9(2)15(14(20)21)5-6-17(8-15)13(19)11-4-3-10(16)7-12(11)18/h3-4,7,9,18H,5-6,8H2,1-2H3,(H,20,21). The molecule has 1 unspecified atom stereocenters. The fraction of sp³-hybridized carbons (Fsp3) is 0.467. The first-order chi connectivity index (χ1) is 9.78. The molecule has 1 aliphatic heterocycles. The minimum Gasteiger partial charge on any atom is -0.507 e. The Kier molecular flexibility index (Phi) is 3.89. The van der Waals surface area contributed by atoms with Crippen LogP contribution >= 0.6 is 0 Å². The molecule has 0 bridgehead atoms. The number of amides is 1. The topological polar surface area (TPSA) is 77.8 Å². The predicted molar refractivity (Wildman–Crippen MR) is 73.5 cm³/mol. The number of phenols is 1. The molecule has 1 saturated heterocycles. The van der Waals surface area contributed by atoms with Gasteiger partial charge in [0.25, 0.3) is 5.91 Å². The van der Waals surface area contributed by atoms with Gasteiger partial charge >= 0.3 is 5.97 Å². The van der Waals surface area contributed by atoms with Crippen molar-refractivity contribution in [2.45, 2.75) is 20.3 Å². The highest BCUT2D eigenvalue weighted by Crippen LogP contribution is 2.39. The number of halogens is 1. The van der Waals surface area contributed by atoms with Gasteiger partial charge in [0.05, 0.1) is 11.0 Å². The van der Waals surface area contributed by atoms with E-state index in [4.69, 9.17) is 0 Å². The number of benzene rings is 1. The Labute approximate surface area is 122 Å². The molecule has 1 atom stereocenters. The number of likely N-dealkylation sites (tertiary alicyclic amines) is 1. The lowest BCUT2D eigenvalue weighted by Gasteiger charge is -2.28. The van der Waals surface area contributed by atoms with Crippen molar-refractivity contribution in [3.63, 3.8) is 0 Å². The van der Waals surface area contributed by atoms with Crippen LogP contribution in [-0.4, -0.2) is 40.1 Å². The molecule has 21 heavy (non-hydrogen) atoms. The predicted octanol–water partition coefficient (Wildman–Crippen LogP) is 2.10. The van der Waals surface area contributed by atoms with Gasteiger partial charge in [-0.2, -0.15) is 0 Å². The lowest BCUT2D eigenvalue weighted by atomic mass is 9.76. The molecule has 1 heterocycles. The van der Waals surface area contributed by atoms with Gasteiger partial charge in [0.1, 0.15) is 11.6 Å². The van der Waals surface area contributed by atoms with Crippen molar-refractivity contribution < 1.29 is 24.2 Å². The first kappa shape index (κ1) is 15.3. The monoisotopic (exact) mass is 295 g/mol. The van der Waals surface area contributed by atoms with E-state index in [-0.39, 0.29) is 18.0 Å². The van der Waals surface area contributed by atoms with E-state index in [0.717, 1.165) is 12.1 Å². The Morgan fingerprint density at radius 3 is 2.52 bits per heavy atom. The summed E-state index contributed by atoms with van der Waals surface area (Å²) in [4.78, 5) is 25.3. The van der Waals surface area contributed by atoms with Crippen LogP contribution in [0.3, 0.4) is 0 Å². The summed E-state index contributed by atoms with van der Waals surface area (Å²) in [5, 5.41) is 19.1. The van der Waals surface area contributed by atoms with Gasteiger partial charge in [-0.05, 0) is 24.5 Å². The Morgan fingerprint density at radius 1 is 1.38 bits per heavy atom. The molecule has 0 aliphatic carbocycles. The zero-order valence-electron chi connectivity index (χ0n) is 12.0. The minimum absolute atomic E-state index is 0.0126. The van der Waals surface area contributed by atoms with Crippen LogP contribution < -0.4 is 0 Å². The lowest BCUT2D eigenvalue weighted by molar-refractivity contribution is -0.150. The number of carboxylic acid groups (broad SMARTS) is 1. The normalized spacial score (nSPS) is 21.8. The minimum atomic E-state index is -0.967. The van der Waals surface area contributed by atoms with E-state index in [0.29, 0.717) is 13.0 Å². The van der Waals surface area contributed by atoms with E-state index >= 15 is 0 Å². The van der Waals surface area contributed by atoms with Crippen LogP contribution in [0.4, 0.5) is 4.39 Å². The molecule has 0 radical (unpaired) electrons. The van der Waals surface area contributed by atoms with Crippen molar-refractivity contribution in [3.05, 3.63) is 29.6 Å². The molecular weight excluding hydrogens is 277 g/mol. The number of hydrogen-bond acceptors (Lipinski definition) is 3. The maximum absolute atomic E-state index is 13.0. The zero-order chi connectivity index (χ0) is 15.8. The quantitative estimate of drug-likeness (QED) is 0.895. The van der Waals surface area contributed by atoms with Crippen molar-refractivity contribution in [2.75, 3.05) is 13.1 Å². The molecule has 6 heteroatoms. The molecule has 1 aromatic rings. The Balaban J connectivity index is 2.25. The van der Waals surface area contributed by atoms with Crippen LogP contribution in [0.1, 0.15) is 30.6 Å². The first-order valence-corrected chi connectivity index (χ1v) is 6.79. The number of hydrogen-bond donors (Lipinski definition) is 2. The second-order valence-electron chi connectivity index (χ2n) is 5.75. The summed E-state index contributed by atoms with van der Waals surface area (Å²) in [7, 11) is 0. The Hall–Kier alpha value is -2.11. The number of nitrogens with zero attached hydrogens (tertiary/aromatic N) is 1. The Bertz CT molecular complexity index is 587. The third kappa shape index (κ3) is 2.57. The number of phenolic OH excluding ortho intramolecular Hbond substituents is 1. The number of carboxylic acids is 1. The summed E-state index contributed by atoms with van der Waals surface area (Å²) in [6.07, 6.45) is 0.369. The van der Waals surface area contributed by atoms with Crippen LogP contribution in [0.5, 0.6) is 5.75 Å². The van der Waals surface area contributed by atoms with E-state index in [9.17, 15) is 24.2 Å². The van der Waals surface area contributed by atoms with Crippen LogP contribution in [0.25, 0.3) is 0 Å². The molecule has 0 saturated carbocycles. The smallest absolute Gasteiger partial charge is 0.311 e. The fourth-order valence-corrected chi connectivity index (χ4v) is 2.76. The van der Waals surface area contributed by atoms with E-state index in [1.54, 1.807) is 0 Å². The van der Waals surface area contributed by atoms with Gasteiger partial charge in [-0.15, -0.1) is 0 Å². The molecule has 5 nitrogen and oxygen atoms in total. The second-order valence-corrected chi connectivity index (χ2v) is 5.75. The SMILES string of the molecule is CC(C)C1(C(=O)O)CCN(C(=O)c2ccc(F)cc2O)C1. The van der Waals surface area contributed by atoms with Crippen molar-refractivity contribution in [2.24, 2.45) is 11.3 Å². The van der Waals surface area contributed by atoms with E-state index < -0.39 is 28.9 Å². The molecule has 1 amide bonds. The molecule has 1 aliphatic rings. The summed E-state index contributed by atoms with van der Waals surface area (Å²) < 4.78 is 13.0. The van der Waals surface area contributed by atoms with Gasteiger partial charge < -0.3 is 15.1 Å². The summed E-state index contributed by atoms with van der Waals surface area (Å²) in [6, 6.07) is 3.18. The van der Waals surface area contributed by atoms with Crippen LogP contribution in [0.2, 0.25) is 0 Å². The lowest BCUT2D eigenvalue weighted by Crippen LogP contribution is -2.40. The molecule has 2 N–H and O–H groups in total. The fourth-order valence-electron chi connectivity index (χ4n) is 2.76. The van der Waals surface area contributed by atoms with Gasteiger partial charge in [0.15, 0.2) is 0 Å². The van der Waals surface area contributed by atoms with E-state index in [1.807, 2.05) is 13.8 Å². The van der Waals surface area contributed by atoms with Gasteiger partial charge in [0, 0.05) is 19.2 Å². The maximum atomic E-state index is 13.0. The van der Waals surface area contributed by atoms with Crippen LogP contribution in [0, 0.1) is 17.2 Å². The van der Waals surface area contributed by atoms with Gasteiger partial charge in [-0.3, -0.25) is 9.59 Å². The first-order valence-electron chi connectivity index (χ1n) is 6.79. The van der Waals surface area contributed by atoms with Gasteiger partial charge in [-0.25, -0.2) is 4.39 Å². The highest BCUT2D eigenvalue weighted by atomic mass is 19.1. The van der Waals surface area contributed by atoms with Crippen molar-refractivity contribution in [1.29, 1.82) is 0 Å². The van der Waals surface area contributed by atoms with Crippen LogP contribution in [-0.2, 0) is 4.79 Å². The van der Waals surface area contributed by atoms with Crippen molar-refractivity contribution in [3.8, 4) is 5.75 Å². The molecule has 1 fully saturated rings. The Morgan fingerprint density at radius 2 is 2.05 bits per heavy atom. The second kappa shape index (κ2) is 5.35. The number of carbonyl (C=O) groups is 2. The van der Waals surface area contributed by atoms with Gasteiger partial charge in [-0.1, -0.05) is 13.8 Å². The summed E-state index contributed by atoms with van der Waals surface area (Å²) in [5.41, 5.74) is -0.980. The number of aliphatic carboxylic acids is 1. The average Bonchev–Trinajstić information content (AvgIpc) is 2.84. The third-order valence-corrected chi connectivity index (χ3v) is 4.31. The van der Waals surface area contributed by atoms with Crippen LogP contribution in [0.15, 0.2) is 18.2 Å². The highest BCUT2D eigenvalue weighted by Gasteiger charge is 2.48. The molecule has 0 spiro atoms. The molecule has 114 valence electrons. The average molecular weight is 295 g/mol. The van der Waals surface area contributed by atoms with Crippen molar-refractivity contribution in [1.82, 2.24) is 4.90 Å². The zero-order valence-corrected chi connectivity index (χ0v) is 12.0. The largest absolute Gasteiger partial charge is 0.507 e. The van der Waals surface area contributed by atoms with Gasteiger partial charge in [0.2, 0.25) is 0 Å². The highest BCUT2D eigenvalue weighted by molar-refractivity contribution is 5.97. The summed E-state index contributed by atoms with van der Waals surface area (Å²) in [6.45, 7) is 4.03.